The van der Waals surface area contributed by atoms with Gasteiger partial charge < -0.3 is 15.8 Å². The first-order valence-corrected chi connectivity index (χ1v) is 9.14. The lowest BCUT2D eigenvalue weighted by molar-refractivity contribution is -0.121. The van der Waals surface area contributed by atoms with Crippen molar-refractivity contribution in [3.63, 3.8) is 0 Å². The molecule has 1 amide bonds. The van der Waals surface area contributed by atoms with Crippen LogP contribution < -0.4 is 15.8 Å². The van der Waals surface area contributed by atoms with Crippen LogP contribution in [0.25, 0.3) is 0 Å². The number of ether oxygens (including phenoxy) is 1. The highest BCUT2D eigenvalue weighted by Gasteiger charge is 2.25. The van der Waals surface area contributed by atoms with Gasteiger partial charge in [-0.25, -0.2) is 0 Å². The predicted octanol–water partition coefficient (Wildman–Crippen LogP) is 4.20. The first-order chi connectivity index (χ1) is 12.6. The molecule has 0 unspecified atom stereocenters. The molecule has 0 atom stereocenters. The Kier molecular flexibility index (Phi) is 7.78. The number of nitrogens with two attached hydrogens (primary N) is 1. The Morgan fingerprint density at radius 1 is 1.26 bits per heavy atom. The Bertz CT molecular complexity index is 763. The second kappa shape index (κ2) is 9.83. The Hall–Kier alpha value is -1.95. The van der Waals surface area contributed by atoms with E-state index in [2.05, 4.69) is 34.5 Å². The number of piperidine rings is 1. The molecule has 0 aliphatic carbocycles. The third-order valence-electron chi connectivity index (χ3n) is 4.78. The van der Waals surface area contributed by atoms with E-state index in [1.807, 2.05) is 6.07 Å². The van der Waals surface area contributed by atoms with Gasteiger partial charge in [-0.3, -0.25) is 9.69 Å². The highest BCUT2D eigenvalue weighted by molar-refractivity contribution is 6.33. The first kappa shape index (κ1) is 21.4. The topological polar surface area (TPSA) is 67.6 Å². The quantitative estimate of drug-likeness (QED) is 0.725. The molecular weight excluding hydrogens is 385 g/mol. The van der Waals surface area contributed by atoms with E-state index in [-0.39, 0.29) is 24.2 Å². The number of carbonyl (C=O) groups excluding carboxylic acids is 1. The van der Waals surface area contributed by atoms with Gasteiger partial charge in [0.15, 0.2) is 0 Å². The third-order valence-corrected chi connectivity index (χ3v) is 5.11. The van der Waals surface area contributed by atoms with Crippen LogP contribution in [0.3, 0.4) is 0 Å². The number of benzene rings is 2. The lowest BCUT2D eigenvalue weighted by Gasteiger charge is -2.31. The van der Waals surface area contributed by atoms with Crippen LogP contribution in [0, 0.1) is 5.92 Å². The molecule has 2 aromatic carbocycles. The van der Waals surface area contributed by atoms with E-state index in [0.29, 0.717) is 22.1 Å². The number of carbonyl (C=O) groups is 1. The summed E-state index contributed by atoms with van der Waals surface area (Å²) in [6.45, 7) is 2.75. The van der Waals surface area contributed by atoms with Gasteiger partial charge in [0.2, 0.25) is 5.91 Å². The number of hydrogen-bond donors (Lipinski definition) is 2. The number of anilines is 2. The van der Waals surface area contributed by atoms with Gasteiger partial charge in [0.1, 0.15) is 5.75 Å². The number of methoxy groups -OCH3 is 1. The van der Waals surface area contributed by atoms with E-state index in [9.17, 15) is 4.79 Å². The van der Waals surface area contributed by atoms with E-state index in [1.54, 1.807) is 19.2 Å². The molecule has 1 heterocycles. The van der Waals surface area contributed by atoms with Crippen LogP contribution in [0.5, 0.6) is 5.75 Å². The van der Waals surface area contributed by atoms with Crippen molar-refractivity contribution >= 4 is 41.3 Å². The van der Waals surface area contributed by atoms with Crippen molar-refractivity contribution in [2.45, 2.75) is 19.4 Å². The van der Waals surface area contributed by atoms with Gasteiger partial charge in [0.05, 0.1) is 23.5 Å². The van der Waals surface area contributed by atoms with Gasteiger partial charge in [-0.15, -0.1) is 12.4 Å². The smallest absolute Gasteiger partial charge is 0.227 e. The maximum absolute atomic E-state index is 12.6. The molecule has 27 heavy (non-hydrogen) atoms. The van der Waals surface area contributed by atoms with Crippen molar-refractivity contribution in [2.75, 3.05) is 31.2 Å². The molecule has 7 heteroatoms. The molecule has 1 aliphatic rings. The SMILES string of the molecule is COc1cc(N)c(Cl)cc1NC(=O)C1CCN(Cc2ccccc2)CC1.Cl. The van der Waals surface area contributed by atoms with Crippen molar-refractivity contribution < 1.29 is 9.53 Å². The van der Waals surface area contributed by atoms with Gasteiger partial charge in [-0.05, 0) is 37.6 Å². The number of hydrogen-bond acceptors (Lipinski definition) is 4. The van der Waals surface area contributed by atoms with E-state index < -0.39 is 0 Å². The molecule has 1 saturated heterocycles. The van der Waals surface area contributed by atoms with Crippen molar-refractivity contribution in [1.29, 1.82) is 0 Å². The fourth-order valence-electron chi connectivity index (χ4n) is 3.27. The van der Waals surface area contributed by atoms with Crippen LogP contribution in [-0.4, -0.2) is 31.0 Å². The minimum atomic E-state index is -0.0111. The molecule has 1 aliphatic heterocycles. The summed E-state index contributed by atoms with van der Waals surface area (Å²) in [6.07, 6.45) is 1.67. The van der Waals surface area contributed by atoms with Gasteiger partial charge in [0.25, 0.3) is 0 Å². The first-order valence-electron chi connectivity index (χ1n) is 8.77. The number of amides is 1. The number of rotatable bonds is 5. The number of nitrogens with one attached hydrogen (secondary N) is 1. The summed E-state index contributed by atoms with van der Waals surface area (Å²) in [5.41, 5.74) is 8.07. The summed E-state index contributed by atoms with van der Waals surface area (Å²) in [6, 6.07) is 13.7. The monoisotopic (exact) mass is 409 g/mol. The number of nitrogen functional groups attached to an aromatic ring is 1. The predicted molar refractivity (Wildman–Crippen MR) is 113 cm³/mol. The zero-order valence-electron chi connectivity index (χ0n) is 15.3. The normalized spacial score (nSPS) is 15.0. The van der Waals surface area contributed by atoms with Gasteiger partial charge in [0, 0.05) is 18.5 Å². The van der Waals surface area contributed by atoms with Crippen LogP contribution in [0.15, 0.2) is 42.5 Å². The van der Waals surface area contributed by atoms with Crippen molar-refractivity contribution in [3.05, 3.63) is 53.1 Å². The Morgan fingerprint density at radius 3 is 2.56 bits per heavy atom. The minimum Gasteiger partial charge on any atom is -0.494 e. The van der Waals surface area contributed by atoms with E-state index >= 15 is 0 Å². The van der Waals surface area contributed by atoms with Crippen molar-refractivity contribution in [3.8, 4) is 5.75 Å². The zero-order chi connectivity index (χ0) is 18.5. The lowest BCUT2D eigenvalue weighted by Crippen LogP contribution is -2.37. The molecule has 0 spiro atoms. The Labute approximate surface area is 171 Å². The average molecular weight is 410 g/mol. The maximum Gasteiger partial charge on any atom is 0.227 e. The molecule has 146 valence electrons. The second-order valence-electron chi connectivity index (χ2n) is 6.60. The summed E-state index contributed by atoms with van der Waals surface area (Å²) < 4.78 is 5.29. The molecule has 0 saturated carbocycles. The summed E-state index contributed by atoms with van der Waals surface area (Å²) in [5, 5.41) is 3.34. The largest absolute Gasteiger partial charge is 0.494 e. The molecule has 2 aromatic rings. The molecule has 3 rings (SSSR count). The van der Waals surface area contributed by atoms with Crippen LogP contribution in [0.4, 0.5) is 11.4 Å². The highest BCUT2D eigenvalue weighted by Crippen LogP contribution is 2.33. The van der Waals surface area contributed by atoms with Crippen LogP contribution in [-0.2, 0) is 11.3 Å². The van der Waals surface area contributed by atoms with Gasteiger partial charge in [-0.2, -0.15) is 0 Å². The highest BCUT2D eigenvalue weighted by atomic mass is 35.5. The van der Waals surface area contributed by atoms with Gasteiger partial charge in [-0.1, -0.05) is 41.9 Å². The molecule has 0 aromatic heterocycles. The Morgan fingerprint density at radius 2 is 1.93 bits per heavy atom. The summed E-state index contributed by atoms with van der Waals surface area (Å²) in [7, 11) is 1.54. The zero-order valence-corrected chi connectivity index (χ0v) is 16.9. The van der Waals surface area contributed by atoms with E-state index in [0.717, 1.165) is 32.5 Å². The van der Waals surface area contributed by atoms with E-state index in [1.165, 1.54) is 5.56 Å². The van der Waals surface area contributed by atoms with Crippen molar-refractivity contribution in [1.82, 2.24) is 4.90 Å². The van der Waals surface area contributed by atoms with Crippen LogP contribution in [0.1, 0.15) is 18.4 Å². The minimum absolute atomic E-state index is 0. The summed E-state index contributed by atoms with van der Waals surface area (Å²) >= 11 is 6.07. The summed E-state index contributed by atoms with van der Waals surface area (Å²) in [4.78, 5) is 15.0. The fraction of sp³-hybridized carbons (Fsp3) is 0.350. The Balaban J connectivity index is 0.00000261. The van der Waals surface area contributed by atoms with Crippen LogP contribution in [0.2, 0.25) is 5.02 Å². The third kappa shape index (κ3) is 5.51. The molecule has 0 radical (unpaired) electrons. The lowest BCUT2D eigenvalue weighted by atomic mass is 9.95. The maximum atomic E-state index is 12.6. The van der Waals surface area contributed by atoms with Crippen molar-refractivity contribution in [2.24, 2.45) is 5.92 Å². The standard InChI is InChI=1S/C20H24ClN3O2.ClH/c1-26-19-12-17(22)16(21)11-18(19)23-20(25)15-7-9-24(10-8-15)13-14-5-3-2-4-6-14;/h2-6,11-12,15H,7-10,13,22H2,1H3,(H,23,25);1H. The van der Waals surface area contributed by atoms with Crippen LogP contribution >= 0.6 is 24.0 Å². The molecular formula is C20H25Cl2N3O2. The molecule has 0 bridgehead atoms. The summed E-state index contributed by atoms with van der Waals surface area (Å²) in [5.74, 6) is 0.508. The number of nitrogens with zero attached hydrogens (tertiary/aromatic N) is 1. The van der Waals surface area contributed by atoms with Gasteiger partial charge >= 0.3 is 0 Å². The number of likely N-dealkylation sites (tertiary alicyclic amines) is 1. The van der Waals surface area contributed by atoms with E-state index in [4.69, 9.17) is 22.1 Å². The molecule has 1 fully saturated rings. The fourth-order valence-corrected chi connectivity index (χ4v) is 3.43. The molecule has 5 nitrogen and oxygen atoms in total. The average Bonchev–Trinajstić information content (AvgIpc) is 2.66. The second-order valence-corrected chi connectivity index (χ2v) is 7.01. The molecule has 3 N–H and O–H groups in total. The number of halogens is 2.